The van der Waals surface area contributed by atoms with Gasteiger partial charge < -0.3 is 4.74 Å². The van der Waals surface area contributed by atoms with Crippen molar-refractivity contribution in [2.24, 2.45) is 0 Å². The Morgan fingerprint density at radius 3 is 2.89 bits per heavy atom. The Bertz CT molecular complexity index is 551. The third-order valence-electron chi connectivity index (χ3n) is 2.45. The number of carbonyl (C=O) groups is 1. The lowest BCUT2D eigenvalue weighted by Gasteiger charge is -2.09. The molecule has 5 heteroatoms. The molecule has 0 unspecified atom stereocenters. The summed E-state index contributed by atoms with van der Waals surface area (Å²) in [5.74, 6) is 0.628. The van der Waals surface area contributed by atoms with Gasteiger partial charge in [0, 0.05) is 6.20 Å². The second-order valence-corrected chi connectivity index (χ2v) is 4.74. The summed E-state index contributed by atoms with van der Waals surface area (Å²) in [4.78, 5) is 11.4. The average Bonchev–Trinajstić information content (AvgIpc) is 2.75. The molecule has 2 rings (SSSR count). The minimum Gasteiger partial charge on any atom is -0.491 e. The topological polar surface area (TPSA) is 44.1 Å². The van der Waals surface area contributed by atoms with Crippen molar-refractivity contribution < 1.29 is 9.53 Å². The molecule has 0 fully saturated rings. The highest BCUT2D eigenvalue weighted by Crippen LogP contribution is 2.18. The quantitative estimate of drug-likeness (QED) is 0.798. The van der Waals surface area contributed by atoms with Crippen LogP contribution in [0.25, 0.3) is 0 Å². The third kappa shape index (κ3) is 3.20. The van der Waals surface area contributed by atoms with Crippen LogP contribution in [0.2, 0.25) is 0 Å². The van der Waals surface area contributed by atoms with Gasteiger partial charge in [-0.3, -0.25) is 9.48 Å². The van der Waals surface area contributed by atoms with Gasteiger partial charge in [-0.25, -0.2) is 0 Å². The number of rotatable bonds is 5. The summed E-state index contributed by atoms with van der Waals surface area (Å²) >= 11 is 3.33. The third-order valence-corrected chi connectivity index (χ3v) is 2.86. The first kappa shape index (κ1) is 12.8. The summed E-state index contributed by atoms with van der Waals surface area (Å²) in [6.07, 6.45) is 3.60. The molecule has 0 bridgehead atoms. The molecule has 0 aliphatic heterocycles. The lowest BCUT2D eigenvalue weighted by molar-refractivity contribution is 0.101. The van der Waals surface area contributed by atoms with E-state index in [0.717, 1.165) is 4.47 Å². The van der Waals surface area contributed by atoms with Crippen LogP contribution in [0, 0.1) is 0 Å². The number of aromatic nitrogens is 2. The Morgan fingerprint density at radius 1 is 1.44 bits per heavy atom. The van der Waals surface area contributed by atoms with Crippen molar-refractivity contribution in [3.05, 3.63) is 46.7 Å². The van der Waals surface area contributed by atoms with Gasteiger partial charge in [0.1, 0.15) is 12.4 Å². The first-order valence-electron chi connectivity index (χ1n) is 5.57. The molecule has 0 amide bonds. The molecule has 0 aliphatic rings. The fourth-order valence-corrected chi connectivity index (χ4v) is 1.92. The number of hydrogen-bond donors (Lipinski definition) is 0. The van der Waals surface area contributed by atoms with Crippen LogP contribution >= 0.6 is 15.9 Å². The van der Waals surface area contributed by atoms with Gasteiger partial charge in [-0.1, -0.05) is 12.1 Å². The summed E-state index contributed by atoms with van der Waals surface area (Å²) in [6, 6.07) is 7.25. The van der Waals surface area contributed by atoms with E-state index in [0.29, 0.717) is 24.5 Å². The zero-order chi connectivity index (χ0) is 13.0. The second kappa shape index (κ2) is 5.82. The molecule has 18 heavy (non-hydrogen) atoms. The molecule has 0 spiro atoms. The summed E-state index contributed by atoms with van der Waals surface area (Å²) in [7, 11) is 0. The van der Waals surface area contributed by atoms with E-state index in [-0.39, 0.29) is 5.78 Å². The number of halogens is 1. The molecule has 0 radical (unpaired) electrons. The maximum absolute atomic E-state index is 11.4. The molecule has 2 aromatic rings. The van der Waals surface area contributed by atoms with Crippen LogP contribution in [0.3, 0.4) is 0 Å². The Hall–Kier alpha value is -1.62. The number of nitrogens with zero attached hydrogens (tertiary/aromatic N) is 2. The Balaban J connectivity index is 1.96. The molecule has 94 valence electrons. The van der Waals surface area contributed by atoms with Gasteiger partial charge in [0.05, 0.1) is 22.8 Å². The van der Waals surface area contributed by atoms with Gasteiger partial charge in [-0.2, -0.15) is 5.10 Å². The normalized spacial score (nSPS) is 10.3. The van der Waals surface area contributed by atoms with E-state index in [4.69, 9.17) is 4.74 Å². The van der Waals surface area contributed by atoms with E-state index in [2.05, 4.69) is 21.0 Å². The lowest BCUT2D eigenvalue weighted by Crippen LogP contribution is -2.10. The summed E-state index contributed by atoms with van der Waals surface area (Å²) < 4.78 is 8.33. The lowest BCUT2D eigenvalue weighted by atomic mass is 10.1. The van der Waals surface area contributed by atoms with Gasteiger partial charge in [0.25, 0.3) is 0 Å². The van der Waals surface area contributed by atoms with Crippen LogP contribution in [0.1, 0.15) is 17.3 Å². The Morgan fingerprint density at radius 2 is 2.22 bits per heavy atom. The monoisotopic (exact) mass is 308 g/mol. The van der Waals surface area contributed by atoms with Crippen molar-refractivity contribution in [2.75, 3.05) is 6.61 Å². The smallest absolute Gasteiger partial charge is 0.163 e. The van der Waals surface area contributed by atoms with Crippen molar-refractivity contribution in [3.63, 3.8) is 0 Å². The Kier molecular flexibility index (Phi) is 4.15. The van der Waals surface area contributed by atoms with Gasteiger partial charge in [0.2, 0.25) is 0 Å². The molecule has 0 saturated carbocycles. The van der Waals surface area contributed by atoms with Crippen molar-refractivity contribution in [2.45, 2.75) is 13.5 Å². The van der Waals surface area contributed by atoms with E-state index in [1.54, 1.807) is 23.0 Å². The highest BCUT2D eigenvalue weighted by Gasteiger charge is 2.07. The molecule has 0 aliphatic carbocycles. The largest absolute Gasteiger partial charge is 0.491 e. The maximum atomic E-state index is 11.4. The summed E-state index contributed by atoms with van der Waals surface area (Å²) in [5, 5.41) is 4.13. The Labute approximate surface area is 114 Å². The molecule has 4 nitrogen and oxygen atoms in total. The first-order chi connectivity index (χ1) is 8.66. The fraction of sp³-hybridized carbons (Fsp3) is 0.231. The zero-order valence-electron chi connectivity index (χ0n) is 9.97. The molecule has 0 atom stereocenters. The predicted octanol–water partition coefficient (Wildman–Crippen LogP) is 2.93. The highest BCUT2D eigenvalue weighted by molar-refractivity contribution is 9.10. The van der Waals surface area contributed by atoms with Crippen LogP contribution in [-0.4, -0.2) is 22.2 Å². The van der Waals surface area contributed by atoms with Crippen LogP contribution in [0.15, 0.2) is 41.1 Å². The zero-order valence-corrected chi connectivity index (χ0v) is 11.6. The number of ketones is 1. The number of carbonyl (C=O) groups excluding carboxylic acids is 1. The molecule has 1 aromatic heterocycles. The molecule has 1 aromatic carbocycles. The molecular formula is C13H13BrN2O2. The van der Waals surface area contributed by atoms with Crippen molar-refractivity contribution in [1.29, 1.82) is 0 Å². The number of ether oxygens (including phenoxy) is 1. The molecule has 1 heterocycles. The van der Waals surface area contributed by atoms with Crippen LogP contribution in [-0.2, 0) is 6.54 Å². The van der Waals surface area contributed by atoms with Gasteiger partial charge >= 0.3 is 0 Å². The number of benzene rings is 1. The number of para-hydroxylation sites is 1. The number of hydrogen-bond acceptors (Lipinski definition) is 3. The van der Waals surface area contributed by atoms with Crippen LogP contribution in [0.5, 0.6) is 5.75 Å². The average molecular weight is 309 g/mol. The van der Waals surface area contributed by atoms with Crippen molar-refractivity contribution in [1.82, 2.24) is 9.78 Å². The fourth-order valence-electron chi connectivity index (χ4n) is 1.59. The maximum Gasteiger partial charge on any atom is 0.163 e. The van der Waals surface area contributed by atoms with Crippen LogP contribution in [0.4, 0.5) is 0 Å². The van der Waals surface area contributed by atoms with E-state index >= 15 is 0 Å². The summed E-state index contributed by atoms with van der Waals surface area (Å²) in [6.45, 7) is 2.64. The van der Waals surface area contributed by atoms with Crippen LogP contribution < -0.4 is 4.74 Å². The summed E-state index contributed by atoms with van der Waals surface area (Å²) in [5.41, 5.74) is 0.610. The predicted molar refractivity (Wildman–Crippen MR) is 71.9 cm³/mol. The van der Waals surface area contributed by atoms with Gasteiger partial charge in [-0.05, 0) is 35.0 Å². The highest BCUT2D eigenvalue weighted by atomic mass is 79.9. The molecular weight excluding hydrogens is 296 g/mol. The molecule has 0 saturated heterocycles. The first-order valence-corrected chi connectivity index (χ1v) is 6.37. The van der Waals surface area contributed by atoms with E-state index in [9.17, 15) is 4.79 Å². The van der Waals surface area contributed by atoms with Crippen molar-refractivity contribution >= 4 is 21.7 Å². The van der Waals surface area contributed by atoms with Crippen molar-refractivity contribution in [3.8, 4) is 5.75 Å². The number of Topliss-reactive ketones (excluding diaryl/α,β-unsaturated/α-hetero) is 1. The van der Waals surface area contributed by atoms with E-state index in [1.165, 1.54) is 6.92 Å². The minimum absolute atomic E-state index is 0.00688. The van der Waals surface area contributed by atoms with Gasteiger partial charge in [-0.15, -0.1) is 0 Å². The van der Waals surface area contributed by atoms with E-state index < -0.39 is 0 Å². The standard InChI is InChI=1S/C13H13BrN2O2/c1-10(17)12-4-2-3-5-13(12)18-7-6-16-9-11(14)8-15-16/h2-5,8-9H,6-7H2,1H3. The van der Waals surface area contributed by atoms with Gasteiger partial charge in [0.15, 0.2) is 5.78 Å². The second-order valence-electron chi connectivity index (χ2n) is 3.82. The van der Waals surface area contributed by atoms with E-state index in [1.807, 2.05) is 18.3 Å². The molecule has 0 N–H and O–H groups in total. The SMILES string of the molecule is CC(=O)c1ccccc1OCCn1cc(Br)cn1. The minimum atomic E-state index is 0.00688.